The van der Waals surface area contributed by atoms with Gasteiger partial charge in [-0.3, -0.25) is 4.55 Å². The lowest BCUT2D eigenvalue weighted by atomic mass is 10.3. The van der Waals surface area contributed by atoms with E-state index in [2.05, 4.69) is 4.98 Å². The lowest BCUT2D eigenvalue weighted by molar-refractivity contribution is 0.366. The standard InChI is InChI=1S/C6H2Cl3N2.H2O4S/c7-3-1-4(8)6(11-10)5(9)2-3;1-5(2,3)4/h1-2H;(H2,1,2,3,4)/q+1;/p-1. The van der Waals surface area contributed by atoms with Gasteiger partial charge < -0.3 is 4.55 Å². The van der Waals surface area contributed by atoms with Crippen LogP contribution < -0.4 is 0 Å². The fraction of sp³-hybridized carbons (Fsp3) is 0. The number of nitrogens with zero attached hydrogens (tertiary/aromatic N) is 2. The highest BCUT2D eigenvalue weighted by atomic mass is 35.5. The van der Waals surface area contributed by atoms with Gasteiger partial charge >= 0.3 is 5.69 Å². The Bertz CT molecular complexity index is 494. The van der Waals surface area contributed by atoms with Crippen molar-refractivity contribution in [1.82, 2.24) is 0 Å². The van der Waals surface area contributed by atoms with E-state index in [0.29, 0.717) is 5.02 Å². The van der Waals surface area contributed by atoms with E-state index < -0.39 is 10.4 Å². The highest BCUT2D eigenvalue weighted by Crippen LogP contribution is 2.35. The Hall–Kier alpha value is -0.620. The summed E-state index contributed by atoms with van der Waals surface area (Å²) in [6.07, 6.45) is 0. The Morgan fingerprint density at radius 1 is 1.25 bits per heavy atom. The monoisotopic (exact) mass is 304 g/mol. The Morgan fingerprint density at radius 3 is 1.81 bits per heavy atom. The highest BCUT2D eigenvalue weighted by molar-refractivity contribution is 7.79. The maximum atomic E-state index is 8.63. The average Bonchev–Trinajstić information content (AvgIpc) is 1.99. The van der Waals surface area contributed by atoms with E-state index in [4.69, 9.17) is 57.7 Å². The molecular formula is C6H3Cl3N2O4S. The van der Waals surface area contributed by atoms with Gasteiger partial charge in [0.05, 0.1) is 0 Å². The van der Waals surface area contributed by atoms with Gasteiger partial charge in [-0.15, -0.1) is 0 Å². The molecule has 0 heterocycles. The van der Waals surface area contributed by atoms with E-state index in [-0.39, 0.29) is 15.7 Å². The number of diazo groups is 1. The Balaban J connectivity index is 0.000000385. The molecule has 88 valence electrons. The number of rotatable bonds is 0. The molecule has 1 N–H and O–H groups in total. The first-order valence-corrected chi connectivity index (χ1v) is 5.83. The molecule has 0 amide bonds. The van der Waals surface area contributed by atoms with Crippen LogP contribution in [0.15, 0.2) is 12.1 Å². The second-order valence-electron chi connectivity index (χ2n) is 2.25. The molecule has 0 spiro atoms. The van der Waals surface area contributed by atoms with E-state index in [9.17, 15) is 0 Å². The van der Waals surface area contributed by atoms with Crippen molar-refractivity contribution in [2.24, 2.45) is 0 Å². The summed E-state index contributed by atoms with van der Waals surface area (Å²) in [6, 6.07) is 2.90. The summed E-state index contributed by atoms with van der Waals surface area (Å²) in [5.74, 6) is 0. The smallest absolute Gasteiger partial charge is 0.421 e. The van der Waals surface area contributed by atoms with Crippen molar-refractivity contribution < 1.29 is 17.5 Å². The predicted octanol–water partition coefficient (Wildman–Crippen LogP) is 3.14. The first-order chi connectivity index (χ1) is 7.15. The van der Waals surface area contributed by atoms with Gasteiger partial charge in [0.1, 0.15) is 10.0 Å². The van der Waals surface area contributed by atoms with Gasteiger partial charge in [0.15, 0.2) is 4.98 Å². The third-order valence-corrected chi connectivity index (χ3v) is 1.88. The summed E-state index contributed by atoms with van der Waals surface area (Å²) in [4.78, 5) is 2.89. The van der Waals surface area contributed by atoms with Crippen molar-refractivity contribution >= 4 is 50.9 Å². The van der Waals surface area contributed by atoms with E-state index in [0.717, 1.165) is 0 Å². The number of hydrogen-bond donors (Lipinski definition) is 1. The van der Waals surface area contributed by atoms with Crippen LogP contribution in [0.5, 0.6) is 0 Å². The van der Waals surface area contributed by atoms with Gasteiger partial charge in [-0.1, -0.05) is 34.8 Å². The maximum absolute atomic E-state index is 8.63. The van der Waals surface area contributed by atoms with Crippen LogP contribution in [-0.4, -0.2) is 17.5 Å². The third kappa shape index (κ3) is 6.79. The number of halogens is 3. The minimum atomic E-state index is -4.92. The van der Waals surface area contributed by atoms with Gasteiger partial charge in [0.25, 0.3) is 0 Å². The molecule has 0 unspecified atom stereocenters. The molecule has 0 radical (unpaired) electrons. The second-order valence-corrected chi connectivity index (χ2v) is 4.35. The Labute approximate surface area is 106 Å². The summed E-state index contributed by atoms with van der Waals surface area (Å²) in [6.45, 7) is 0. The molecule has 16 heavy (non-hydrogen) atoms. The molecule has 6 nitrogen and oxygen atoms in total. The first-order valence-electron chi connectivity index (χ1n) is 3.33. The van der Waals surface area contributed by atoms with Crippen LogP contribution in [0, 0.1) is 5.39 Å². The Morgan fingerprint density at radius 2 is 1.56 bits per heavy atom. The van der Waals surface area contributed by atoms with Crippen molar-refractivity contribution in [3.63, 3.8) is 0 Å². The van der Waals surface area contributed by atoms with Crippen LogP contribution >= 0.6 is 34.8 Å². The normalized spacial score (nSPS) is 10.0. The van der Waals surface area contributed by atoms with Gasteiger partial charge in [-0.25, -0.2) is 8.42 Å². The number of benzene rings is 1. The van der Waals surface area contributed by atoms with Gasteiger partial charge in [0, 0.05) is 5.02 Å². The van der Waals surface area contributed by atoms with Crippen LogP contribution in [-0.2, 0) is 10.4 Å². The largest absolute Gasteiger partial charge is 0.726 e. The molecular weight excluding hydrogens is 303 g/mol. The molecule has 1 aromatic rings. The topological polar surface area (TPSA) is 106 Å². The molecule has 0 fully saturated rings. The van der Waals surface area contributed by atoms with E-state index in [1.807, 2.05) is 0 Å². The van der Waals surface area contributed by atoms with Gasteiger partial charge in [-0.2, -0.15) is 0 Å². The second kappa shape index (κ2) is 6.20. The van der Waals surface area contributed by atoms with Gasteiger partial charge in [0.2, 0.25) is 15.8 Å². The minimum Gasteiger partial charge on any atom is -0.726 e. The van der Waals surface area contributed by atoms with Crippen molar-refractivity contribution in [3.05, 3.63) is 32.2 Å². The number of hydrogen-bond acceptors (Lipinski definition) is 4. The molecule has 0 bridgehead atoms. The quantitative estimate of drug-likeness (QED) is 0.450. The van der Waals surface area contributed by atoms with Crippen LogP contribution in [0.1, 0.15) is 0 Å². The van der Waals surface area contributed by atoms with Crippen molar-refractivity contribution in [1.29, 1.82) is 5.39 Å². The van der Waals surface area contributed by atoms with Crippen LogP contribution in [0.4, 0.5) is 5.69 Å². The Kier molecular flexibility index (Phi) is 5.96. The summed E-state index contributed by atoms with van der Waals surface area (Å²) >= 11 is 16.8. The SMILES string of the molecule is N#[N+]c1c(Cl)cc(Cl)cc1Cl.O=S(=O)([O-])O. The highest BCUT2D eigenvalue weighted by Gasteiger charge is 2.18. The molecule has 0 saturated heterocycles. The molecule has 0 aliphatic rings. The summed E-state index contributed by atoms with van der Waals surface area (Å²) in [5, 5.41) is 9.27. The van der Waals surface area contributed by atoms with Crippen LogP contribution in [0.25, 0.3) is 4.98 Å². The lowest BCUT2D eigenvalue weighted by Crippen LogP contribution is -1.90. The predicted molar refractivity (Wildman–Crippen MR) is 58.5 cm³/mol. The first kappa shape index (κ1) is 15.4. The molecule has 0 aromatic heterocycles. The lowest BCUT2D eigenvalue weighted by Gasteiger charge is -1.89. The van der Waals surface area contributed by atoms with E-state index >= 15 is 0 Å². The molecule has 1 rings (SSSR count). The third-order valence-electron chi connectivity index (χ3n) is 1.08. The zero-order valence-electron chi connectivity index (χ0n) is 7.26. The van der Waals surface area contributed by atoms with Crippen LogP contribution in [0.2, 0.25) is 15.1 Å². The fourth-order valence-corrected chi connectivity index (χ4v) is 1.52. The van der Waals surface area contributed by atoms with Crippen LogP contribution in [0.3, 0.4) is 0 Å². The van der Waals surface area contributed by atoms with E-state index in [1.54, 1.807) is 0 Å². The van der Waals surface area contributed by atoms with Crippen molar-refractivity contribution in [2.75, 3.05) is 0 Å². The van der Waals surface area contributed by atoms with Gasteiger partial charge in [-0.05, 0) is 12.1 Å². The summed E-state index contributed by atoms with van der Waals surface area (Å²) < 4.78 is 32.8. The van der Waals surface area contributed by atoms with E-state index in [1.165, 1.54) is 12.1 Å². The molecule has 1 aromatic carbocycles. The maximum Gasteiger partial charge on any atom is 0.421 e. The average molecular weight is 306 g/mol. The molecule has 0 atom stereocenters. The van der Waals surface area contributed by atoms with Crippen molar-refractivity contribution in [3.8, 4) is 0 Å². The van der Waals surface area contributed by atoms with Crippen molar-refractivity contribution in [2.45, 2.75) is 0 Å². The fourth-order valence-electron chi connectivity index (χ4n) is 0.630. The molecule has 10 heteroatoms. The summed E-state index contributed by atoms with van der Waals surface area (Å²) in [5.41, 5.74) is 0.137. The zero-order chi connectivity index (χ0) is 12.9. The summed E-state index contributed by atoms with van der Waals surface area (Å²) in [7, 11) is -4.92. The molecule has 0 aliphatic carbocycles. The minimum absolute atomic E-state index is 0.137. The zero-order valence-corrected chi connectivity index (χ0v) is 10.3. The molecule has 0 aliphatic heterocycles. The molecule has 0 saturated carbocycles.